The molecule has 0 heterocycles. The third-order valence-corrected chi connectivity index (χ3v) is 9.67. The van der Waals surface area contributed by atoms with Crippen LogP contribution in [0.3, 0.4) is 0 Å². The van der Waals surface area contributed by atoms with Crippen molar-refractivity contribution in [2.24, 2.45) is 0 Å². The van der Waals surface area contributed by atoms with E-state index in [1.54, 1.807) is 68.3 Å². The first kappa shape index (κ1) is 53.6. The molecule has 6 aromatic rings. The average Bonchev–Trinajstić information content (AvgIpc) is 3.28. The molecule has 0 aliphatic rings. The number of hydrogen-bond acceptors (Lipinski definition) is 12. The van der Waals surface area contributed by atoms with Crippen molar-refractivity contribution >= 4 is 34.1 Å². The fourth-order valence-electron chi connectivity index (χ4n) is 6.56. The molecule has 0 N–H and O–H groups in total. The molecule has 0 saturated heterocycles. The fourth-order valence-corrected chi connectivity index (χ4v) is 6.56. The van der Waals surface area contributed by atoms with Crippen molar-refractivity contribution < 1.29 is 61.1 Å². The molecule has 0 spiro atoms. The Kier molecular flexibility index (Phi) is 22.2. The molecule has 0 amide bonds. The van der Waals surface area contributed by atoms with Gasteiger partial charge < -0.3 is 59.0 Å². The monoisotopic (exact) mass is 918 g/mol. The van der Waals surface area contributed by atoms with Gasteiger partial charge in [-0.1, -0.05) is 39.8 Å². The van der Waals surface area contributed by atoms with E-state index in [-0.39, 0.29) is 33.2 Å². The third-order valence-electron chi connectivity index (χ3n) is 9.67. The van der Waals surface area contributed by atoms with Crippen LogP contribution in [0.15, 0.2) is 133 Å². The number of likely N-dealkylation sites (N-methyl/N-ethyl adjacent to an activating group) is 2. The Morgan fingerprint density at radius 2 is 0.615 bits per heavy atom. The van der Waals surface area contributed by atoms with E-state index in [0.29, 0.717) is 37.3 Å². The maximum absolute atomic E-state index is 13.2. The van der Waals surface area contributed by atoms with Crippen LogP contribution in [0.1, 0.15) is 38.8 Å². The number of rotatable bonds is 17. The van der Waals surface area contributed by atoms with Gasteiger partial charge in [-0.15, -0.1) is 23.7 Å². The molecule has 0 atom stereocenters. The molecular weight excluding hydrogens is 856 g/mol. The second kappa shape index (κ2) is 26.9. The van der Waals surface area contributed by atoms with Gasteiger partial charge in [0.15, 0.2) is 0 Å². The quantitative estimate of drug-likeness (QED) is 0.0822. The first-order valence-corrected chi connectivity index (χ1v) is 21.1. The smallest absolute Gasteiger partial charge is 0.872 e. The number of methoxy groups -OCH3 is 4. The van der Waals surface area contributed by atoms with Gasteiger partial charge in [0, 0.05) is 60.3 Å². The van der Waals surface area contributed by atoms with E-state index >= 15 is 0 Å². The Bertz CT molecular complexity index is 2010. The molecule has 0 fully saturated rings. The number of anilines is 6. The molecule has 6 rings (SSSR count). The van der Waals surface area contributed by atoms with Crippen molar-refractivity contribution in [2.75, 3.05) is 65.4 Å². The van der Waals surface area contributed by atoms with E-state index in [1.165, 1.54) is 0 Å². The molecule has 0 aromatic heterocycles. The SMILES string of the molecule is CC(C)[O-].CC(C)[O-].COc1ccc(N(c2ccc(OC)cc2)c2ccc([O-])c(CN(C)CCN(C)Cc3cc(N(c4ccc(OC)cc4)c4ccc(OC)cc4)ccc3[O-])c2)cc1.[Ti+4]. The standard InChI is InChI=1S/C46H50N4O6.2C3H7O.Ti/c1-47(31-33-29-39(15-25-45(33)51)49(35-7-17-41(53-3)18-8-35)36-9-19-42(54-4)20-10-36)27-28-48(2)32-34-30-40(16-26-46(34)52)50(37-11-21-43(55-5)22-12-37)38-13-23-44(56-6)24-14-38;2*1-3(2)4;/h7-26,29-30,51-52H,27-28,31-32H2,1-6H3;2*3H,1-2H3;/q;2*-1;+4/p-2. The minimum absolute atomic E-state index is 0. The summed E-state index contributed by atoms with van der Waals surface area (Å²) >= 11 is 0. The number of nitrogens with zero attached hydrogens (tertiary/aromatic N) is 4. The van der Waals surface area contributed by atoms with Crippen LogP contribution >= 0.6 is 0 Å². The normalized spacial score (nSPS) is 10.6. The molecule has 0 radical (unpaired) electrons. The Balaban J connectivity index is 0.00000115. The maximum atomic E-state index is 13.2. The third kappa shape index (κ3) is 16.7. The minimum Gasteiger partial charge on any atom is -0.872 e. The first-order valence-electron chi connectivity index (χ1n) is 21.1. The zero-order chi connectivity index (χ0) is 46.8. The summed E-state index contributed by atoms with van der Waals surface area (Å²) < 4.78 is 21.6. The first-order chi connectivity index (χ1) is 30.6. The Labute approximate surface area is 400 Å². The van der Waals surface area contributed by atoms with E-state index < -0.39 is 12.2 Å². The van der Waals surface area contributed by atoms with Crippen LogP contribution in [0, 0.1) is 0 Å². The molecule has 13 heteroatoms. The van der Waals surface area contributed by atoms with Crippen molar-refractivity contribution in [3.05, 3.63) is 145 Å². The van der Waals surface area contributed by atoms with Gasteiger partial charge in [-0.05, 0) is 147 Å². The van der Waals surface area contributed by atoms with Gasteiger partial charge in [-0.3, -0.25) is 0 Å². The van der Waals surface area contributed by atoms with E-state index in [0.717, 1.165) is 57.1 Å². The molecule has 0 bridgehead atoms. The van der Waals surface area contributed by atoms with Crippen LogP contribution in [-0.4, -0.2) is 77.6 Å². The van der Waals surface area contributed by atoms with Crippen molar-refractivity contribution in [2.45, 2.75) is 53.0 Å². The van der Waals surface area contributed by atoms with Crippen molar-refractivity contribution in [1.29, 1.82) is 0 Å². The van der Waals surface area contributed by atoms with Gasteiger partial charge in [-0.25, -0.2) is 0 Å². The summed E-state index contributed by atoms with van der Waals surface area (Å²) in [6.45, 7) is 8.72. The molecule has 0 unspecified atom stereocenters. The second-order valence-corrected chi connectivity index (χ2v) is 15.6. The van der Waals surface area contributed by atoms with Crippen molar-refractivity contribution in [3.8, 4) is 34.5 Å². The van der Waals surface area contributed by atoms with Crippen LogP contribution in [0.4, 0.5) is 34.1 Å². The minimum atomic E-state index is -0.417. The number of benzene rings is 6. The van der Waals surface area contributed by atoms with Crippen LogP contribution in [-0.2, 0) is 34.8 Å². The van der Waals surface area contributed by atoms with Crippen LogP contribution in [0.25, 0.3) is 0 Å². The zero-order valence-electron chi connectivity index (χ0n) is 39.2. The molecule has 65 heavy (non-hydrogen) atoms. The predicted molar refractivity (Wildman–Crippen MR) is 250 cm³/mol. The van der Waals surface area contributed by atoms with Crippen molar-refractivity contribution in [1.82, 2.24) is 9.80 Å². The number of hydrogen-bond donors (Lipinski definition) is 0. The molecule has 0 aliphatic carbocycles. The van der Waals surface area contributed by atoms with Crippen LogP contribution < -0.4 is 49.2 Å². The molecule has 0 aliphatic heterocycles. The summed E-state index contributed by atoms with van der Waals surface area (Å²) in [4.78, 5) is 8.47. The topological polar surface area (TPSA) is 142 Å². The average molecular weight is 919 g/mol. The largest absolute Gasteiger partial charge is 4.00 e. The predicted octanol–water partition coefficient (Wildman–Crippen LogP) is 7.88. The van der Waals surface area contributed by atoms with Crippen molar-refractivity contribution in [3.63, 3.8) is 0 Å². The van der Waals surface area contributed by atoms with E-state index in [9.17, 15) is 20.4 Å². The maximum Gasteiger partial charge on any atom is 4.00 e. The Morgan fingerprint density at radius 1 is 0.400 bits per heavy atom. The Morgan fingerprint density at radius 3 is 0.831 bits per heavy atom. The van der Waals surface area contributed by atoms with Gasteiger partial charge in [0.25, 0.3) is 0 Å². The van der Waals surface area contributed by atoms with Gasteiger partial charge in [0.05, 0.1) is 28.4 Å². The zero-order valence-corrected chi connectivity index (χ0v) is 40.8. The molecular formula is C52H62N4O8Ti. The number of ether oxygens (including phenoxy) is 4. The summed E-state index contributed by atoms with van der Waals surface area (Å²) in [6, 6.07) is 42.2. The Hall–Kier alpha value is -5.73. The van der Waals surface area contributed by atoms with Gasteiger partial charge in [0.2, 0.25) is 0 Å². The van der Waals surface area contributed by atoms with Gasteiger partial charge in [-0.2, -0.15) is 0 Å². The molecule has 6 aromatic carbocycles. The van der Waals surface area contributed by atoms with E-state index in [4.69, 9.17) is 18.9 Å². The van der Waals surface area contributed by atoms with Crippen LogP contribution in [0.5, 0.6) is 34.5 Å². The van der Waals surface area contributed by atoms with Gasteiger partial charge >= 0.3 is 21.7 Å². The molecule has 0 saturated carbocycles. The fraction of sp³-hybridized carbons (Fsp3) is 0.308. The summed E-state index contributed by atoms with van der Waals surface area (Å²) in [5, 5.41) is 45.5. The summed E-state index contributed by atoms with van der Waals surface area (Å²) in [5.41, 5.74) is 6.80. The summed E-state index contributed by atoms with van der Waals surface area (Å²) in [5.74, 6) is 2.99. The van der Waals surface area contributed by atoms with E-state index in [1.807, 2.05) is 135 Å². The van der Waals surface area contributed by atoms with Gasteiger partial charge in [0.1, 0.15) is 23.0 Å². The summed E-state index contributed by atoms with van der Waals surface area (Å²) in [6.07, 6.45) is -0.833. The molecule has 342 valence electrons. The second-order valence-electron chi connectivity index (χ2n) is 15.6. The molecule has 12 nitrogen and oxygen atoms in total. The van der Waals surface area contributed by atoms with Crippen LogP contribution in [0.2, 0.25) is 0 Å². The summed E-state index contributed by atoms with van der Waals surface area (Å²) in [7, 11) is 10.6. The van der Waals surface area contributed by atoms with E-state index in [2.05, 4.69) is 19.6 Å².